The largest absolute Gasteiger partial charge is 0.355 e. The minimum atomic E-state index is 0.813. The van der Waals surface area contributed by atoms with Crippen LogP contribution in [0.5, 0.6) is 0 Å². The Hall–Kier alpha value is -6.52. The quantitative estimate of drug-likeness (QED) is 0.123. The molecule has 0 amide bonds. The van der Waals surface area contributed by atoms with Gasteiger partial charge in [-0.25, -0.2) is 0 Å². The van der Waals surface area contributed by atoms with E-state index >= 15 is 0 Å². The second-order valence-corrected chi connectivity index (χ2v) is 17.0. The molecule has 0 saturated carbocycles. The molecule has 324 valence electrons. The summed E-state index contributed by atoms with van der Waals surface area (Å²) in [6.45, 7) is 19.7. The third-order valence-corrected chi connectivity index (χ3v) is 13.8. The normalized spacial score (nSPS) is 12.8. The van der Waals surface area contributed by atoms with Gasteiger partial charge in [0.25, 0.3) is 0 Å². The first-order valence-electron chi connectivity index (χ1n) is 24.1. The van der Waals surface area contributed by atoms with E-state index in [1.165, 1.54) is 111 Å². The van der Waals surface area contributed by atoms with E-state index in [1.54, 1.807) is 0 Å². The standard InChI is InChI=1S/C60H64N4/c1-9-43-44(10-2)58-48(14-6)55-47(13-5)52(39-29-21-17-22-30-39)56(62-55)49(15-7)60-54(41-33-25-19-26-34-41)53(40-31-23-18-24-32-40)59(64(60)42-35-27-20-28-36-42)46(12-4)51-38-37-50(61-51)45(11-3)57(43)63(58)16-8/h17-38,61-62H,9-16H2,1-8H3. The highest BCUT2D eigenvalue weighted by Crippen LogP contribution is 2.40. The van der Waals surface area contributed by atoms with Crippen molar-refractivity contribution in [3.8, 4) is 39.1 Å². The van der Waals surface area contributed by atoms with Crippen LogP contribution in [0.25, 0.3) is 61.4 Å². The Morgan fingerprint density at radius 1 is 0.344 bits per heavy atom. The van der Waals surface area contributed by atoms with Crippen molar-refractivity contribution in [1.29, 1.82) is 0 Å². The van der Waals surface area contributed by atoms with E-state index in [1.807, 2.05) is 0 Å². The minimum Gasteiger partial charge on any atom is -0.355 e. The number of H-pyrrole nitrogens is 2. The number of rotatable bonds is 12. The van der Waals surface area contributed by atoms with Crippen LogP contribution in [-0.4, -0.2) is 19.1 Å². The van der Waals surface area contributed by atoms with E-state index < -0.39 is 0 Å². The van der Waals surface area contributed by atoms with Gasteiger partial charge in [-0.2, -0.15) is 0 Å². The van der Waals surface area contributed by atoms with Crippen molar-refractivity contribution in [3.05, 3.63) is 194 Å². The Morgan fingerprint density at radius 2 is 0.734 bits per heavy atom. The first kappa shape index (κ1) is 42.8. The van der Waals surface area contributed by atoms with Crippen molar-refractivity contribution in [2.75, 3.05) is 0 Å². The molecule has 2 N–H and O–H groups in total. The highest BCUT2D eigenvalue weighted by atomic mass is 15.0. The SMILES string of the molecule is CCC1=c2c(CC)c(CC)c(n2CC)=C(CC)c2[nH]c(c(-c3ccccc3)c2CC)C(CC)=c2c(-c3ccccc3)c(-c3ccccc3)c(n2-c2ccccc2)=C(CC)c2ccc1[nH]2. The van der Waals surface area contributed by atoms with Gasteiger partial charge in [0.1, 0.15) is 0 Å². The van der Waals surface area contributed by atoms with Crippen molar-refractivity contribution >= 4 is 22.3 Å². The van der Waals surface area contributed by atoms with Crippen molar-refractivity contribution < 1.29 is 0 Å². The van der Waals surface area contributed by atoms with Crippen LogP contribution in [0.1, 0.15) is 121 Å². The summed E-state index contributed by atoms with van der Waals surface area (Å²) in [7, 11) is 0. The van der Waals surface area contributed by atoms with Crippen LogP contribution in [0, 0.1) is 0 Å². The Bertz CT molecular complexity index is 3200. The van der Waals surface area contributed by atoms with Gasteiger partial charge in [-0.15, -0.1) is 0 Å². The van der Waals surface area contributed by atoms with Crippen LogP contribution in [0.3, 0.4) is 0 Å². The topological polar surface area (TPSA) is 41.4 Å². The van der Waals surface area contributed by atoms with Gasteiger partial charge in [-0.05, 0) is 121 Å². The summed E-state index contributed by atoms with van der Waals surface area (Å²) in [6.07, 6.45) is 6.32. The van der Waals surface area contributed by atoms with E-state index in [0.29, 0.717) is 0 Å². The molecule has 0 atom stereocenters. The molecule has 9 rings (SSSR count). The summed E-state index contributed by atoms with van der Waals surface area (Å²) in [5.74, 6) is 0. The molecule has 8 bridgehead atoms. The lowest BCUT2D eigenvalue weighted by Crippen LogP contribution is -2.31. The summed E-state index contributed by atoms with van der Waals surface area (Å²) in [5.41, 5.74) is 23.2. The monoisotopic (exact) mass is 841 g/mol. The molecule has 0 saturated heterocycles. The molecule has 5 heterocycles. The zero-order valence-corrected chi connectivity index (χ0v) is 39.3. The molecule has 0 aliphatic carbocycles. The van der Waals surface area contributed by atoms with Crippen LogP contribution in [0.15, 0.2) is 133 Å². The van der Waals surface area contributed by atoms with Gasteiger partial charge in [0.2, 0.25) is 0 Å². The van der Waals surface area contributed by atoms with Gasteiger partial charge in [0.05, 0.1) is 16.4 Å². The summed E-state index contributed by atoms with van der Waals surface area (Å²) in [6, 6.07) is 49.4. The maximum atomic E-state index is 4.37. The number of nitrogens with zero attached hydrogens (tertiary/aromatic N) is 2. The van der Waals surface area contributed by atoms with Gasteiger partial charge in [0.15, 0.2) is 0 Å². The summed E-state index contributed by atoms with van der Waals surface area (Å²) in [4.78, 5) is 8.50. The summed E-state index contributed by atoms with van der Waals surface area (Å²) >= 11 is 0. The van der Waals surface area contributed by atoms with Crippen LogP contribution in [-0.2, 0) is 25.8 Å². The predicted octanol–water partition coefficient (Wildman–Crippen LogP) is 12.4. The van der Waals surface area contributed by atoms with Crippen LogP contribution in [0.4, 0.5) is 0 Å². The van der Waals surface area contributed by atoms with E-state index in [9.17, 15) is 0 Å². The molecule has 4 aromatic carbocycles. The first-order chi connectivity index (χ1) is 31.5. The molecule has 64 heavy (non-hydrogen) atoms. The molecule has 1 aliphatic rings. The van der Waals surface area contributed by atoms with Crippen LogP contribution in [0.2, 0.25) is 0 Å². The predicted molar refractivity (Wildman–Crippen MR) is 272 cm³/mol. The summed E-state index contributed by atoms with van der Waals surface area (Å²) in [5, 5.41) is 5.25. The van der Waals surface area contributed by atoms with Crippen molar-refractivity contribution in [1.82, 2.24) is 19.1 Å². The maximum Gasteiger partial charge on any atom is 0.0600 e. The van der Waals surface area contributed by atoms with Crippen LogP contribution >= 0.6 is 0 Å². The van der Waals surface area contributed by atoms with E-state index in [0.717, 1.165) is 62.9 Å². The lowest BCUT2D eigenvalue weighted by molar-refractivity contribution is 0.709. The van der Waals surface area contributed by atoms with Crippen molar-refractivity contribution in [3.63, 3.8) is 0 Å². The fourth-order valence-electron chi connectivity index (χ4n) is 11.2. The molecule has 1 aliphatic heterocycles. The number of para-hydroxylation sites is 1. The average molecular weight is 841 g/mol. The highest BCUT2D eigenvalue weighted by molar-refractivity contribution is 5.93. The Morgan fingerprint density at radius 3 is 1.17 bits per heavy atom. The maximum absolute atomic E-state index is 4.37. The van der Waals surface area contributed by atoms with Gasteiger partial charge >= 0.3 is 0 Å². The second kappa shape index (κ2) is 18.3. The number of benzene rings is 4. The average Bonchev–Trinajstić information content (AvgIpc) is 4.13. The number of nitrogens with one attached hydrogen (secondary N) is 2. The molecule has 0 fully saturated rings. The molecule has 4 nitrogen and oxygen atoms in total. The molecule has 4 heteroatoms. The van der Waals surface area contributed by atoms with Crippen molar-refractivity contribution in [2.24, 2.45) is 0 Å². The molecule has 8 aromatic rings. The van der Waals surface area contributed by atoms with Gasteiger partial charge in [0, 0.05) is 67.8 Å². The number of hydrogen-bond donors (Lipinski definition) is 2. The molecular formula is C60H64N4. The van der Waals surface area contributed by atoms with E-state index in [4.69, 9.17) is 0 Å². The van der Waals surface area contributed by atoms with Crippen molar-refractivity contribution in [2.45, 2.75) is 107 Å². The molecule has 4 aromatic heterocycles. The first-order valence-corrected chi connectivity index (χ1v) is 24.1. The molecular weight excluding hydrogens is 777 g/mol. The third kappa shape index (κ3) is 6.90. The molecule has 0 unspecified atom stereocenters. The van der Waals surface area contributed by atoms with E-state index in [2.05, 4.69) is 208 Å². The minimum absolute atomic E-state index is 0.813. The lowest BCUT2D eigenvalue weighted by atomic mass is 9.91. The second-order valence-electron chi connectivity index (χ2n) is 17.0. The third-order valence-electron chi connectivity index (χ3n) is 13.8. The number of hydrogen-bond acceptors (Lipinski definition) is 0. The van der Waals surface area contributed by atoms with Gasteiger partial charge in [-0.1, -0.05) is 158 Å². The molecule has 0 radical (unpaired) electrons. The fraction of sp³-hybridized carbons (Fsp3) is 0.267. The summed E-state index contributed by atoms with van der Waals surface area (Å²) < 4.78 is 5.31. The molecule has 0 spiro atoms. The zero-order valence-electron chi connectivity index (χ0n) is 39.3. The smallest absolute Gasteiger partial charge is 0.0600 e. The lowest BCUT2D eigenvalue weighted by Gasteiger charge is -2.15. The fourth-order valence-corrected chi connectivity index (χ4v) is 11.2. The Kier molecular flexibility index (Phi) is 12.2. The highest BCUT2D eigenvalue weighted by Gasteiger charge is 2.29. The Labute approximate surface area is 380 Å². The number of fused-ring (bicyclic) bond motifs is 8. The Balaban J connectivity index is 1.69. The number of aromatic nitrogens is 4. The van der Waals surface area contributed by atoms with E-state index in [-0.39, 0.29) is 0 Å². The van der Waals surface area contributed by atoms with Gasteiger partial charge < -0.3 is 19.1 Å². The zero-order chi connectivity index (χ0) is 44.5. The number of aromatic amines is 2. The van der Waals surface area contributed by atoms with Gasteiger partial charge in [-0.3, -0.25) is 0 Å². The van der Waals surface area contributed by atoms with Crippen LogP contribution < -0.4 is 21.4 Å².